The summed E-state index contributed by atoms with van der Waals surface area (Å²) >= 11 is 1.76. The normalized spacial score (nSPS) is 12.9. The third-order valence-corrected chi connectivity index (χ3v) is 3.57. The summed E-state index contributed by atoms with van der Waals surface area (Å²) in [5, 5.41) is 6.88. The zero-order valence-corrected chi connectivity index (χ0v) is 11.3. The highest BCUT2D eigenvalue weighted by Crippen LogP contribution is 2.10. The van der Waals surface area contributed by atoms with Gasteiger partial charge in [0.25, 0.3) is 0 Å². The van der Waals surface area contributed by atoms with Crippen LogP contribution in [0.2, 0.25) is 0 Å². The molecule has 1 aromatic rings. The lowest BCUT2D eigenvalue weighted by Gasteiger charge is -2.12. The molecule has 0 aromatic carbocycles. The standard InChI is InChI=1S/C12H22N2OS/c1-4-12-14-11(9-16-12)5-7-13-10(2)6-8-15-3/h9-10,13H,4-8H2,1-3H3. The molecule has 1 aromatic heterocycles. The van der Waals surface area contributed by atoms with E-state index < -0.39 is 0 Å². The molecule has 16 heavy (non-hydrogen) atoms. The van der Waals surface area contributed by atoms with Gasteiger partial charge in [0.15, 0.2) is 0 Å². The first kappa shape index (κ1) is 13.6. The highest BCUT2D eigenvalue weighted by atomic mass is 32.1. The number of thiazole rings is 1. The second-order valence-electron chi connectivity index (χ2n) is 3.97. The Bertz CT molecular complexity index is 288. The molecule has 0 radical (unpaired) electrons. The van der Waals surface area contributed by atoms with Crippen LogP contribution in [0.3, 0.4) is 0 Å². The van der Waals surface area contributed by atoms with Crippen molar-refractivity contribution in [2.75, 3.05) is 20.3 Å². The highest BCUT2D eigenvalue weighted by Gasteiger charge is 2.02. The Labute approximate surface area is 102 Å². The van der Waals surface area contributed by atoms with Crippen LogP contribution in [0.5, 0.6) is 0 Å². The molecule has 1 N–H and O–H groups in total. The number of ether oxygens (including phenoxy) is 1. The van der Waals surface area contributed by atoms with Gasteiger partial charge in [-0.3, -0.25) is 0 Å². The minimum Gasteiger partial charge on any atom is -0.385 e. The van der Waals surface area contributed by atoms with Gasteiger partial charge in [0.2, 0.25) is 0 Å². The maximum absolute atomic E-state index is 5.04. The fourth-order valence-corrected chi connectivity index (χ4v) is 2.25. The summed E-state index contributed by atoms with van der Waals surface area (Å²) in [6.07, 6.45) is 3.13. The van der Waals surface area contributed by atoms with Gasteiger partial charge in [-0.25, -0.2) is 4.98 Å². The van der Waals surface area contributed by atoms with Gasteiger partial charge < -0.3 is 10.1 Å². The van der Waals surface area contributed by atoms with Crippen molar-refractivity contribution in [3.05, 3.63) is 16.1 Å². The van der Waals surface area contributed by atoms with Crippen molar-refractivity contribution in [3.63, 3.8) is 0 Å². The third-order valence-electron chi connectivity index (χ3n) is 2.53. The van der Waals surface area contributed by atoms with E-state index >= 15 is 0 Å². The zero-order valence-electron chi connectivity index (χ0n) is 10.5. The van der Waals surface area contributed by atoms with E-state index in [4.69, 9.17) is 4.74 Å². The molecule has 0 fully saturated rings. The van der Waals surface area contributed by atoms with Crippen LogP contribution in [0.15, 0.2) is 5.38 Å². The average molecular weight is 242 g/mol. The van der Waals surface area contributed by atoms with Crippen LogP contribution >= 0.6 is 11.3 Å². The van der Waals surface area contributed by atoms with Crippen molar-refractivity contribution in [3.8, 4) is 0 Å². The predicted molar refractivity (Wildman–Crippen MR) is 69.2 cm³/mol. The lowest BCUT2D eigenvalue weighted by molar-refractivity contribution is 0.185. The molecule has 92 valence electrons. The second kappa shape index (κ2) is 7.76. The van der Waals surface area contributed by atoms with Gasteiger partial charge in [0, 0.05) is 38.1 Å². The molecule has 1 heterocycles. The lowest BCUT2D eigenvalue weighted by atomic mass is 10.2. The Hall–Kier alpha value is -0.450. The molecule has 3 nitrogen and oxygen atoms in total. The fourth-order valence-electron chi connectivity index (χ4n) is 1.47. The van der Waals surface area contributed by atoms with Gasteiger partial charge in [-0.05, 0) is 19.8 Å². The smallest absolute Gasteiger partial charge is 0.0925 e. The van der Waals surface area contributed by atoms with Crippen molar-refractivity contribution in [2.24, 2.45) is 0 Å². The molecule has 1 unspecified atom stereocenters. The summed E-state index contributed by atoms with van der Waals surface area (Å²) in [4.78, 5) is 4.54. The first-order valence-electron chi connectivity index (χ1n) is 5.91. The molecule has 0 aliphatic rings. The summed E-state index contributed by atoms with van der Waals surface area (Å²) in [6.45, 7) is 6.16. The number of hydrogen-bond acceptors (Lipinski definition) is 4. The topological polar surface area (TPSA) is 34.2 Å². The SMILES string of the molecule is CCc1nc(CCNC(C)CCOC)cs1. The molecular formula is C12H22N2OS. The summed E-state index contributed by atoms with van der Waals surface area (Å²) in [7, 11) is 1.74. The van der Waals surface area contributed by atoms with Gasteiger partial charge in [-0.15, -0.1) is 11.3 Å². The highest BCUT2D eigenvalue weighted by molar-refractivity contribution is 7.09. The molecular weight excluding hydrogens is 220 g/mol. The number of nitrogens with zero attached hydrogens (tertiary/aromatic N) is 1. The number of rotatable bonds is 8. The average Bonchev–Trinajstić information content (AvgIpc) is 2.74. The number of aromatic nitrogens is 1. The van der Waals surface area contributed by atoms with Crippen LogP contribution in [-0.4, -0.2) is 31.3 Å². The summed E-state index contributed by atoms with van der Waals surface area (Å²) in [5.74, 6) is 0. The summed E-state index contributed by atoms with van der Waals surface area (Å²) in [6, 6.07) is 0.518. The molecule has 0 amide bonds. The Kier molecular flexibility index (Phi) is 6.61. The molecule has 1 rings (SSSR count). The maximum atomic E-state index is 5.04. The van der Waals surface area contributed by atoms with Crippen molar-refractivity contribution in [2.45, 2.75) is 39.2 Å². The van der Waals surface area contributed by atoms with Crippen LogP contribution in [0.4, 0.5) is 0 Å². The van der Waals surface area contributed by atoms with E-state index in [-0.39, 0.29) is 0 Å². The Morgan fingerprint density at radius 3 is 3.00 bits per heavy atom. The van der Waals surface area contributed by atoms with E-state index in [1.54, 1.807) is 18.4 Å². The van der Waals surface area contributed by atoms with Crippen molar-refractivity contribution in [1.29, 1.82) is 0 Å². The molecule has 0 saturated heterocycles. The molecule has 0 aliphatic carbocycles. The minimum absolute atomic E-state index is 0.518. The van der Waals surface area contributed by atoms with Crippen LogP contribution in [0, 0.1) is 0 Å². The van der Waals surface area contributed by atoms with Crippen molar-refractivity contribution < 1.29 is 4.74 Å². The first-order chi connectivity index (χ1) is 7.76. The largest absolute Gasteiger partial charge is 0.385 e. The maximum Gasteiger partial charge on any atom is 0.0925 e. The monoisotopic (exact) mass is 242 g/mol. The van der Waals surface area contributed by atoms with Gasteiger partial charge in [0.1, 0.15) is 0 Å². The van der Waals surface area contributed by atoms with Gasteiger partial charge in [-0.2, -0.15) is 0 Å². The Morgan fingerprint density at radius 2 is 2.38 bits per heavy atom. The van der Waals surface area contributed by atoms with Crippen LogP contribution in [-0.2, 0) is 17.6 Å². The number of aryl methyl sites for hydroxylation is 1. The van der Waals surface area contributed by atoms with E-state index in [2.05, 4.69) is 29.5 Å². The number of methoxy groups -OCH3 is 1. The van der Waals surface area contributed by atoms with E-state index in [1.807, 2.05) is 0 Å². The van der Waals surface area contributed by atoms with Crippen molar-refractivity contribution >= 4 is 11.3 Å². The molecule has 0 aliphatic heterocycles. The molecule has 0 saturated carbocycles. The van der Waals surface area contributed by atoms with Gasteiger partial charge >= 0.3 is 0 Å². The predicted octanol–water partition coefficient (Wildman–Crippen LogP) is 2.26. The molecule has 4 heteroatoms. The van der Waals surface area contributed by atoms with Gasteiger partial charge in [-0.1, -0.05) is 6.92 Å². The first-order valence-corrected chi connectivity index (χ1v) is 6.79. The second-order valence-corrected chi connectivity index (χ2v) is 4.92. The molecule has 1 atom stereocenters. The molecule has 0 spiro atoms. The van der Waals surface area contributed by atoms with E-state index in [0.717, 1.165) is 32.4 Å². The van der Waals surface area contributed by atoms with E-state index in [0.29, 0.717) is 6.04 Å². The number of nitrogens with one attached hydrogen (secondary N) is 1. The number of hydrogen-bond donors (Lipinski definition) is 1. The van der Waals surface area contributed by atoms with Crippen LogP contribution in [0.25, 0.3) is 0 Å². The van der Waals surface area contributed by atoms with E-state index in [1.165, 1.54) is 10.7 Å². The lowest BCUT2D eigenvalue weighted by Crippen LogP contribution is -2.29. The quantitative estimate of drug-likeness (QED) is 0.759. The van der Waals surface area contributed by atoms with Crippen molar-refractivity contribution in [1.82, 2.24) is 10.3 Å². The fraction of sp³-hybridized carbons (Fsp3) is 0.750. The zero-order chi connectivity index (χ0) is 11.8. The minimum atomic E-state index is 0.518. The summed E-state index contributed by atoms with van der Waals surface area (Å²) < 4.78 is 5.04. The Balaban J connectivity index is 2.14. The van der Waals surface area contributed by atoms with Crippen LogP contribution in [0.1, 0.15) is 31.0 Å². The summed E-state index contributed by atoms with van der Waals surface area (Å²) in [5.41, 5.74) is 1.22. The van der Waals surface area contributed by atoms with Gasteiger partial charge in [0.05, 0.1) is 10.7 Å². The molecule has 0 bridgehead atoms. The van der Waals surface area contributed by atoms with Crippen LogP contribution < -0.4 is 5.32 Å². The third kappa shape index (κ3) is 5.05. The Morgan fingerprint density at radius 1 is 1.56 bits per heavy atom. The van der Waals surface area contributed by atoms with E-state index in [9.17, 15) is 0 Å².